The van der Waals surface area contributed by atoms with Crippen LogP contribution in [-0.4, -0.2) is 30.4 Å². The van der Waals surface area contributed by atoms with Gasteiger partial charge in [0.2, 0.25) is 5.91 Å². The number of anilines is 1. The number of amides is 1. The maximum absolute atomic E-state index is 11.8. The van der Waals surface area contributed by atoms with E-state index >= 15 is 0 Å². The maximum atomic E-state index is 11.8. The first-order valence-corrected chi connectivity index (χ1v) is 6.99. The Kier molecular flexibility index (Phi) is 9.86. The quantitative estimate of drug-likeness (QED) is 0.725. The van der Waals surface area contributed by atoms with Crippen molar-refractivity contribution in [3.63, 3.8) is 0 Å². The van der Waals surface area contributed by atoms with Crippen molar-refractivity contribution in [1.29, 1.82) is 0 Å². The molecule has 5 heteroatoms. The summed E-state index contributed by atoms with van der Waals surface area (Å²) in [5.74, 6) is 0.0965. The number of halogens is 1. The van der Waals surface area contributed by atoms with Gasteiger partial charge >= 0.3 is 0 Å². The van der Waals surface area contributed by atoms with E-state index in [1.807, 2.05) is 24.3 Å². The van der Waals surface area contributed by atoms with Gasteiger partial charge in [-0.25, -0.2) is 0 Å². The lowest BCUT2D eigenvalue weighted by atomic mass is 10.2. The number of benzene rings is 1. The van der Waals surface area contributed by atoms with Gasteiger partial charge in [0.25, 0.3) is 0 Å². The second-order valence-corrected chi connectivity index (χ2v) is 4.81. The lowest BCUT2D eigenvalue weighted by molar-refractivity contribution is -0.122. The predicted octanol–water partition coefficient (Wildman–Crippen LogP) is 2.43. The van der Waals surface area contributed by atoms with E-state index in [-0.39, 0.29) is 18.3 Å². The number of nitrogens with zero attached hydrogens (tertiary/aromatic N) is 1. The van der Waals surface area contributed by atoms with Crippen molar-refractivity contribution in [3.8, 4) is 0 Å². The van der Waals surface area contributed by atoms with Crippen molar-refractivity contribution in [2.75, 3.05) is 25.4 Å². The summed E-state index contributed by atoms with van der Waals surface area (Å²) in [6.07, 6.45) is 2.00. The molecule has 1 aromatic rings. The summed E-state index contributed by atoms with van der Waals surface area (Å²) in [6, 6.07) is 7.84. The fourth-order valence-electron chi connectivity index (χ4n) is 2.00. The van der Waals surface area contributed by atoms with Gasteiger partial charge in [-0.3, -0.25) is 9.69 Å². The molecular formula is C15H26ClN3O. The monoisotopic (exact) mass is 299 g/mol. The highest BCUT2D eigenvalue weighted by atomic mass is 35.5. The zero-order chi connectivity index (χ0) is 14.1. The van der Waals surface area contributed by atoms with Crippen molar-refractivity contribution in [2.45, 2.75) is 33.2 Å². The Balaban J connectivity index is 0.00000361. The van der Waals surface area contributed by atoms with Gasteiger partial charge in [-0.05, 0) is 37.1 Å². The summed E-state index contributed by atoms with van der Waals surface area (Å²) in [4.78, 5) is 13.9. The van der Waals surface area contributed by atoms with Crippen molar-refractivity contribution in [2.24, 2.45) is 0 Å². The zero-order valence-corrected chi connectivity index (χ0v) is 13.2. The molecule has 1 amide bonds. The summed E-state index contributed by atoms with van der Waals surface area (Å²) >= 11 is 0. The number of carbonyl (C=O) groups is 1. The Labute approximate surface area is 128 Å². The van der Waals surface area contributed by atoms with Crippen LogP contribution in [0, 0.1) is 0 Å². The minimum absolute atomic E-state index is 0. The normalized spacial score (nSPS) is 10.2. The number of nitrogen functional groups attached to an aromatic ring is 1. The van der Waals surface area contributed by atoms with E-state index < -0.39 is 0 Å². The molecule has 0 atom stereocenters. The third kappa shape index (κ3) is 7.36. The average molecular weight is 300 g/mol. The van der Waals surface area contributed by atoms with Crippen LogP contribution < -0.4 is 11.1 Å². The number of hydrogen-bond acceptors (Lipinski definition) is 3. The fraction of sp³-hybridized carbons (Fsp3) is 0.533. The molecule has 0 bridgehead atoms. The van der Waals surface area contributed by atoms with Crippen molar-refractivity contribution >= 4 is 24.0 Å². The molecular weight excluding hydrogens is 274 g/mol. The van der Waals surface area contributed by atoms with Crippen LogP contribution in [0.5, 0.6) is 0 Å². The molecule has 0 aliphatic heterocycles. The minimum Gasteiger partial charge on any atom is -0.399 e. The van der Waals surface area contributed by atoms with Gasteiger partial charge < -0.3 is 11.1 Å². The van der Waals surface area contributed by atoms with Crippen LogP contribution in [0.1, 0.15) is 32.3 Å². The minimum atomic E-state index is 0. The molecule has 20 heavy (non-hydrogen) atoms. The molecule has 0 saturated carbocycles. The number of rotatable bonds is 8. The molecule has 0 radical (unpaired) electrons. The molecule has 0 unspecified atom stereocenters. The fourth-order valence-corrected chi connectivity index (χ4v) is 2.00. The Hall–Kier alpha value is -1.26. The van der Waals surface area contributed by atoms with Crippen molar-refractivity contribution < 1.29 is 4.79 Å². The van der Waals surface area contributed by atoms with Crippen LogP contribution in [0.3, 0.4) is 0 Å². The van der Waals surface area contributed by atoms with E-state index in [1.165, 1.54) is 0 Å². The van der Waals surface area contributed by atoms with Crippen LogP contribution in [-0.2, 0) is 11.3 Å². The van der Waals surface area contributed by atoms with Crippen LogP contribution in [0.15, 0.2) is 24.3 Å². The SMILES string of the molecule is CCCNC(=O)CN(CCC)Cc1cccc(N)c1.Cl. The van der Waals surface area contributed by atoms with Gasteiger partial charge in [-0.15, -0.1) is 12.4 Å². The second-order valence-electron chi connectivity index (χ2n) is 4.81. The van der Waals surface area contributed by atoms with E-state index in [1.54, 1.807) is 0 Å². The van der Waals surface area contributed by atoms with E-state index in [4.69, 9.17) is 5.73 Å². The van der Waals surface area contributed by atoms with Crippen molar-refractivity contribution in [3.05, 3.63) is 29.8 Å². The van der Waals surface area contributed by atoms with E-state index in [9.17, 15) is 4.79 Å². The van der Waals surface area contributed by atoms with Gasteiger partial charge in [-0.2, -0.15) is 0 Å². The van der Waals surface area contributed by atoms with E-state index in [2.05, 4.69) is 24.1 Å². The van der Waals surface area contributed by atoms with Crippen molar-refractivity contribution in [1.82, 2.24) is 10.2 Å². The molecule has 114 valence electrons. The third-order valence-electron chi connectivity index (χ3n) is 2.84. The molecule has 0 aromatic heterocycles. The summed E-state index contributed by atoms with van der Waals surface area (Å²) in [5.41, 5.74) is 7.70. The molecule has 0 aliphatic carbocycles. The molecule has 0 heterocycles. The standard InChI is InChI=1S/C15H25N3O.ClH/c1-3-8-17-15(19)12-18(9-4-2)11-13-6-5-7-14(16)10-13;/h5-7,10H,3-4,8-9,11-12,16H2,1-2H3,(H,17,19);1H. The summed E-state index contributed by atoms with van der Waals surface area (Å²) in [5, 5.41) is 2.91. The predicted molar refractivity (Wildman–Crippen MR) is 87.0 cm³/mol. The number of nitrogens with two attached hydrogens (primary N) is 1. The van der Waals surface area contributed by atoms with Gasteiger partial charge in [0.05, 0.1) is 6.54 Å². The molecule has 0 fully saturated rings. The highest BCUT2D eigenvalue weighted by molar-refractivity contribution is 5.85. The Morgan fingerprint density at radius 3 is 2.65 bits per heavy atom. The lowest BCUT2D eigenvalue weighted by Crippen LogP contribution is -2.37. The highest BCUT2D eigenvalue weighted by Crippen LogP contribution is 2.09. The highest BCUT2D eigenvalue weighted by Gasteiger charge is 2.10. The lowest BCUT2D eigenvalue weighted by Gasteiger charge is -2.21. The van der Waals surface area contributed by atoms with Gasteiger partial charge in [0.15, 0.2) is 0 Å². The summed E-state index contributed by atoms with van der Waals surface area (Å²) in [6.45, 7) is 7.04. The van der Waals surface area contributed by atoms with Gasteiger partial charge in [-0.1, -0.05) is 26.0 Å². The van der Waals surface area contributed by atoms with Crippen LogP contribution in [0.25, 0.3) is 0 Å². The number of hydrogen-bond donors (Lipinski definition) is 2. The van der Waals surface area contributed by atoms with Crippen LogP contribution in [0.4, 0.5) is 5.69 Å². The Morgan fingerprint density at radius 2 is 2.05 bits per heavy atom. The first-order chi connectivity index (χ1) is 9.15. The van der Waals surface area contributed by atoms with E-state index in [0.29, 0.717) is 6.54 Å². The summed E-state index contributed by atoms with van der Waals surface area (Å²) in [7, 11) is 0. The number of carbonyl (C=O) groups excluding carboxylic acids is 1. The maximum Gasteiger partial charge on any atom is 0.234 e. The molecule has 4 nitrogen and oxygen atoms in total. The molecule has 0 saturated heterocycles. The molecule has 1 rings (SSSR count). The first kappa shape index (κ1) is 18.7. The molecule has 1 aromatic carbocycles. The van der Waals surface area contributed by atoms with Gasteiger partial charge in [0, 0.05) is 18.8 Å². The van der Waals surface area contributed by atoms with E-state index in [0.717, 1.165) is 43.7 Å². The summed E-state index contributed by atoms with van der Waals surface area (Å²) < 4.78 is 0. The zero-order valence-electron chi connectivity index (χ0n) is 12.4. The van der Waals surface area contributed by atoms with Gasteiger partial charge in [0.1, 0.15) is 0 Å². The average Bonchev–Trinajstić information content (AvgIpc) is 2.36. The smallest absolute Gasteiger partial charge is 0.234 e. The Morgan fingerprint density at radius 1 is 1.30 bits per heavy atom. The van der Waals surface area contributed by atoms with Crippen LogP contribution in [0.2, 0.25) is 0 Å². The number of nitrogens with one attached hydrogen (secondary N) is 1. The third-order valence-corrected chi connectivity index (χ3v) is 2.84. The Bertz CT molecular complexity index is 398. The van der Waals surface area contributed by atoms with Crippen LogP contribution >= 0.6 is 12.4 Å². The second kappa shape index (κ2) is 10.5. The topological polar surface area (TPSA) is 58.4 Å². The first-order valence-electron chi connectivity index (χ1n) is 6.99. The molecule has 0 spiro atoms. The molecule has 3 N–H and O–H groups in total. The molecule has 0 aliphatic rings. The largest absolute Gasteiger partial charge is 0.399 e.